The highest BCUT2D eigenvalue weighted by Gasteiger charge is 2.38. The summed E-state index contributed by atoms with van der Waals surface area (Å²) in [6, 6.07) is 5.44. The molecule has 2 rings (SSSR count). The van der Waals surface area contributed by atoms with E-state index in [9.17, 15) is 41.2 Å². The van der Waals surface area contributed by atoms with Crippen LogP contribution in [0.3, 0.4) is 0 Å². The number of methoxy groups -OCH3 is 1. The van der Waals surface area contributed by atoms with Crippen molar-refractivity contribution in [2.45, 2.75) is 31.9 Å². The first-order valence-corrected chi connectivity index (χ1v) is 9.91. The Labute approximate surface area is 200 Å². The van der Waals surface area contributed by atoms with E-state index >= 15 is 0 Å². The second-order valence-corrected chi connectivity index (χ2v) is 7.27. The van der Waals surface area contributed by atoms with Crippen molar-refractivity contribution < 1.29 is 50.5 Å². The maximum atomic E-state index is 13.3. The van der Waals surface area contributed by atoms with Gasteiger partial charge in [0.05, 0.1) is 18.2 Å². The van der Waals surface area contributed by atoms with Gasteiger partial charge in [0.25, 0.3) is 5.91 Å². The van der Waals surface area contributed by atoms with Gasteiger partial charge in [-0.2, -0.15) is 31.6 Å². The number of ether oxygens (including phenoxy) is 2. The van der Waals surface area contributed by atoms with E-state index in [1.54, 1.807) is 6.07 Å². The summed E-state index contributed by atoms with van der Waals surface area (Å²) in [5.74, 6) is -2.34. The lowest BCUT2D eigenvalue weighted by Crippen LogP contribution is -2.38. The number of aliphatic carboxylic acids is 1. The molecule has 0 aromatic heterocycles. The molecule has 0 fully saturated rings. The topological polar surface area (TPSA) is 109 Å². The second-order valence-electron chi connectivity index (χ2n) is 7.27. The molecular formula is C23H18F6N2O5. The lowest BCUT2D eigenvalue weighted by Gasteiger charge is -2.17. The minimum Gasteiger partial charge on any atom is -0.493 e. The molecule has 1 unspecified atom stereocenters. The van der Waals surface area contributed by atoms with Crippen LogP contribution in [0.25, 0.3) is 6.08 Å². The van der Waals surface area contributed by atoms with E-state index < -0.39 is 59.1 Å². The number of nitrogens with zero attached hydrogens (tertiary/aromatic N) is 1. The van der Waals surface area contributed by atoms with Gasteiger partial charge in [-0.15, -0.1) is 0 Å². The molecule has 0 aliphatic heterocycles. The lowest BCUT2D eigenvalue weighted by molar-refractivity contribution is -0.144. The minimum absolute atomic E-state index is 0.00347. The zero-order valence-corrected chi connectivity index (χ0v) is 18.6. The van der Waals surface area contributed by atoms with Crippen molar-refractivity contribution in [3.63, 3.8) is 0 Å². The van der Waals surface area contributed by atoms with Gasteiger partial charge < -0.3 is 19.9 Å². The quantitative estimate of drug-likeness (QED) is 0.296. The van der Waals surface area contributed by atoms with Crippen LogP contribution in [-0.2, 0) is 28.5 Å². The first-order valence-electron chi connectivity index (χ1n) is 9.91. The highest BCUT2D eigenvalue weighted by molar-refractivity contribution is 6.03. The SMILES string of the molecule is COc1cc(C=C(C#N)C(=O)NC(C)C(=O)O)ccc1OCc1ccc(C(F)(F)F)cc1C(F)(F)F. The van der Waals surface area contributed by atoms with Gasteiger partial charge in [-0.1, -0.05) is 12.1 Å². The van der Waals surface area contributed by atoms with Gasteiger partial charge in [0.15, 0.2) is 11.5 Å². The van der Waals surface area contributed by atoms with Crippen LogP contribution >= 0.6 is 0 Å². The molecule has 2 aromatic carbocycles. The number of carbonyl (C=O) groups excluding carboxylic acids is 1. The summed E-state index contributed by atoms with van der Waals surface area (Å²) in [7, 11) is 1.21. The number of hydrogen-bond donors (Lipinski definition) is 2. The van der Waals surface area contributed by atoms with E-state index in [1.165, 1.54) is 32.2 Å². The number of carboxylic acids is 1. The lowest BCUT2D eigenvalue weighted by atomic mass is 10.0. The molecule has 2 N–H and O–H groups in total. The van der Waals surface area contributed by atoms with Crippen molar-refractivity contribution in [1.29, 1.82) is 5.26 Å². The molecule has 192 valence electrons. The van der Waals surface area contributed by atoms with Crippen LogP contribution in [0.5, 0.6) is 11.5 Å². The molecule has 36 heavy (non-hydrogen) atoms. The summed E-state index contributed by atoms with van der Waals surface area (Å²) in [5, 5.41) is 20.2. The molecule has 0 radical (unpaired) electrons. The number of benzene rings is 2. The number of alkyl halides is 6. The fourth-order valence-corrected chi connectivity index (χ4v) is 2.84. The van der Waals surface area contributed by atoms with E-state index in [1.807, 2.05) is 0 Å². The van der Waals surface area contributed by atoms with Crippen molar-refractivity contribution in [3.8, 4) is 17.6 Å². The average molecular weight is 516 g/mol. The van der Waals surface area contributed by atoms with Crippen LogP contribution < -0.4 is 14.8 Å². The van der Waals surface area contributed by atoms with Crippen LogP contribution in [0.1, 0.15) is 29.2 Å². The highest BCUT2D eigenvalue weighted by atomic mass is 19.4. The van der Waals surface area contributed by atoms with Gasteiger partial charge in [-0.05, 0) is 42.8 Å². The Morgan fingerprint density at radius 3 is 2.28 bits per heavy atom. The minimum atomic E-state index is -5.06. The Balaban J connectivity index is 2.30. The van der Waals surface area contributed by atoms with Crippen molar-refractivity contribution in [2.75, 3.05) is 7.11 Å². The van der Waals surface area contributed by atoms with E-state index in [0.717, 1.165) is 6.08 Å². The first kappa shape index (κ1) is 28.0. The van der Waals surface area contributed by atoms with Crippen LogP contribution in [0.4, 0.5) is 26.3 Å². The zero-order valence-electron chi connectivity index (χ0n) is 18.6. The molecule has 0 spiro atoms. The second kappa shape index (κ2) is 11.0. The highest BCUT2D eigenvalue weighted by Crippen LogP contribution is 2.38. The third kappa shape index (κ3) is 7.14. The molecule has 1 atom stereocenters. The van der Waals surface area contributed by atoms with E-state index in [0.29, 0.717) is 12.1 Å². The predicted octanol–water partition coefficient (Wildman–Crippen LogP) is 4.81. The standard InChI is InChI=1S/C23H18F6N2O5/c1-12(21(33)34)31-20(32)15(10-30)7-13-3-6-18(19(8-13)35-2)36-11-14-4-5-16(22(24,25)26)9-17(14)23(27,28)29/h3-9,12H,11H2,1-2H3,(H,31,32)(H,33,34). The van der Waals surface area contributed by atoms with Gasteiger partial charge in [0.2, 0.25) is 0 Å². The fraction of sp³-hybridized carbons (Fsp3) is 0.261. The largest absolute Gasteiger partial charge is 0.493 e. The molecule has 13 heteroatoms. The van der Waals surface area contributed by atoms with Gasteiger partial charge >= 0.3 is 18.3 Å². The van der Waals surface area contributed by atoms with Gasteiger partial charge in [-0.25, -0.2) is 0 Å². The number of halogens is 6. The molecule has 7 nitrogen and oxygen atoms in total. The predicted molar refractivity (Wildman–Crippen MR) is 113 cm³/mol. The number of carbonyl (C=O) groups is 2. The molecule has 0 aliphatic rings. The van der Waals surface area contributed by atoms with Crippen molar-refractivity contribution in [2.24, 2.45) is 0 Å². The zero-order chi connectivity index (χ0) is 27.3. The van der Waals surface area contributed by atoms with Crippen LogP contribution in [0, 0.1) is 11.3 Å². The molecular weight excluding hydrogens is 498 g/mol. The smallest absolute Gasteiger partial charge is 0.416 e. The number of hydrogen-bond acceptors (Lipinski definition) is 5. The van der Waals surface area contributed by atoms with Crippen molar-refractivity contribution in [1.82, 2.24) is 5.32 Å². The summed E-state index contributed by atoms with van der Waals surface area (Å²) in [5.41, 5.74) is -3.70. The number of nitriles is 1. The monoisotopic (exact) mass is 516 g/mol. The Bertz CT molecular complexity index is 1210. The third-order valence-electron chi connectivity index (χ3n) is 4.71. The van der Waals surface area contributed by atoms with Crippen LogP contribution in [-0.4, -0.2) is 30.1 Å². The summed E-state index contributed by atoms with van der Waals surface area (Å²) in [4.78, 5) is 23.0. The summed E-state index contributed by atoms with van der Waals surface area (Å²) >= 11 is 0. The van der Waals surface area contributed by atoms with E-state index in [-0.39, 0.29) is 23.1 Å². The van der Waals surface area contributed by atoms with Gasteiger partial charge in [0.1, 0.15) is 24.3 Å². The van der Waals surface area contributed by atoms with Crippen LogP contribution in [0.2, 0.25) is 0 Å². The Morgan fingerprint density at radius 2 is 1.75 bits per heavy atom. The van der Waals surface area contributed by atoms with Gasteiger partial charge in [-0.3, -0.25) is 9.59 Å². The molecule has 0 saturated carbocycles. The maximum absolute atomic E-state index is 13.3. The van der Waals surface area contributed by atoms with Crippen molar-refractivity contribution >= 4 is 18.0 Å². The molecule has 0 saturated heterocycles. The molecule has 2 aromatic rings. The normalized spacial score (nSPS) is 12.9. The molecule has 1 amide bonds. The van der Waals surface area contributed by atoms with Crippen molar-refractivity contribution in [3.05, 3.63) is 64.2 Å². The first-order chi connectivity index (χ1) is 16.7. The van der Waals surface area contributed by atoms with E-state index in [4.69, 9.17) is 14.6 Å². The van der Waals surface area contributed by atoms with Crippen LogP contribution in [0.15, 0.2) is 42.0 Å². The summed E-state index contributed by atoms with van der Waals surface area (Å²) in [6.07, 6.45) is -8.91. The van der Waals surface area contributed by atoms with E-state index in [2.05, 4.69) is 5.32 Å². The maximum Gasteiger partial charge on any atom is 0.416 e. The molecule has 0 bridgehead atoms. The molecule has 0 aliphatic carbocycles. The summed E-state index contributed by atoms with van der Waals surface area (Å²) in [6.45, 7) is 0.461. The van der Waals surface area contributed by atoms with Gasteiger partial charge in [0, 0.05) is 5.56 Å². The third-order valence-corrected chi connectivity index (χ3v) is 4.71. The number of rotatable bonds is 8. The average Bonchev–Trinajstić information content (AvgIpc) is 2.79. The fourth-order valence-electron chi connectivity index (χ4n) is 2.84. The Kier molecular flexibility index (Phi) is 8.58. The summed E-state index contributed by atoms with van der Waals surface area (Å²) < 4.78 is 89.0. The molecule has 0 heterocycles. The number of nitrogens with one attached hydrogen (secondary N) is 1. The number of carboxylic acid groups (broad SMARTS) is 1. The Morgan fingerprint density at radius 1 is 1.08 bits per heavy atom. The Hall–Kier alpha value is -4.21. The number of amides is 1.